The van der Waals surface area contributed by atoms with E-state index in [2.05, 4.69) is 41.2 Å². The Bertz CT molecular complexity index is 1050. The molecule has 0 saturated heterocycles. The fourth-order valence-electron chi connectivity index (χ4n) is 3.46. The van der Waals surface area contributed by atoms with Gasteiger partial charge in [0.15, 0.2) is 0 Å². The Labute approximate surface area is 165 Å². The lowest BCUT2D eigenvalue weighted by molar-refractivity contribution is 0.483. The molecule has 2 heterocycles. The Morgan fingerprint density at radius 3 is 2.57 bits per heavy atom. The first kappa shape index (κ1) is 18.3. The van der Waals surface area contributed by atoms with Gasteiger partial charge in [-0.05, 0) is 80.3 Å². The molecule has 0 aliphatic rings. The summed E-state index contributed by atoms with van der Waals surface area (Å²) in [5.41, 5.74) is 11.3. The van der Waals surface area contributed by atoms with E-state index in [-0.39, 0.29) is 0 Å². The van der Waals surface area contributed by atoms with Crippen LogP contribution in [-0.4, -0.2) is 16.5 Å². The average Bonchev–Trinajstić information content (AvgIpc) is 3.07. The quantitative estimate of drug-likeness (QED) is 0.415. The Balaban J connectivity index is 1.75. The standard InChI is InChI=1S/C24H25N3O/c1-17-10-12-23(26-16-17)24-20(9-5-6-14-25)21-15-19(11-13-22(21)27-24)28-18-7-3-2-4-8-18/h2-4,7-8,10-13,15-16,27H,5-6,9,14,25H2,1H3. The third-order valence-electron chi connectivity index (χ3n) is 4.90. The number of aromatic nitrogens is 2. The predicted octanol–water partition coefficient (Wildman–Crippen LogP) is 5.61. The van der Waals surface area contributed by atoms with E-state index in [1.807, 2.05) is 42.6 Å². The molecule has 4 nitrogen and oxygen atoms in total. The summed E-state index contributed by atoms with van der Waals surface area (Å²) < 4.78 is 6.05. The fourth-order valence-corrected chi connectivity index (χ4v) is 3.46. The summed E-state index contributed by atoms with van der Waals surface area (Å²) >= 11 is 0. The highest BCUT2D eigenvalue weighted by Crippen LogP contribution is 2.34. The maximum atomic E-state index is 6.05. The second kappa shape index (κ2) is 8.28. The van der Waals surface area contributed by atoms with Gasteiger partial charge in [0.05, 0.1) is 11.4 Å². The zero-order valence-electron chi connectivity index (χ0n) is 16.1. The number of nitrogens with two attached hydrogens (primary N) is 1. The molecule has 0 aliphatic heterocycles. The number of H-pyrrole nitrogens is 1. The molecule has 0 saturated carbocycles. The Morgan fingerprint density at radius 1 is 0.964 bits per heavy atom. The monoisotopic (exact) mass is 371 g/mol. The zero-order chi connectivity index (χ0) is 19.3. The van der Waals surface area contributed by atoms with Crippen LogP contribution in [0.4, 0.5) is 0 Å². The summed E-state index contributed by atoms with van der Waals surface area (Å²) in [5.74, 6) is 1.67. The van der Waals surface area contributed by atoms with Gasteiger partial charge in [0.1, 0.15) is 11.5 Å². The van der Waals surface area contributed by atoms with Crippen LogP contribution in [-0.2, 0) is 6.42 Å². The third kappa shape index (κ3) is 3.92. The summed E-state index contributed by atoms with van der Waals surface area (Å²) in [7, 11) is 0. The van der Waals surface area contributed by atoms with Crippen molar-refractivity contribution in [3.8, 4) is 22.9 Å². The molecular formula is C24H25N3O. The maximum absolute atomic E-state index is 6.05. The van der Waals surface area contributed by atoms with Gasteiger partial charge in [-0.1, -0.05) is 24.3 Å². The number of unbranched alkanes of at least 4 members (excludes halogenated alkanes) is 1. The molecular weight excluding hydrogens is 346 g/mol. The summed E-state index contributed by atoms with van der Waals surface area (Å²) in [4.78, 5) is 8.20. The van der Waals surface area contributed by atoms with E-state index in [0.717, 1.165) is 53.2 Å². The normalized spacial score (nSPS) is 11.1. The number of aryl methyl sites for hydroxylation is 2. The van der Waals surface area contributed by atoms with Crippen molar-refractivity contribution < 1.29 is 4.74 Å². The van der Waals surface area contributed by atoms with Crippen LogP contribution < -0.4 is 10.5 Å². The van der Waals surface area contributed by atoms with Gasteiger partial charge in [0, 0.05) is 17.1 Å². The van der Waals surface area contributed by atoms with Gasteiger partial charge in [0.2, 0.25) is 0 Å². The van der Waals surface area contributed by atoms with Crippen molar-refractivity contribution in [2.24, 2.45) is 5.73 Å². The minimum atomic E-state index is 0.711. The SMILES string of the molecule is Cc1ccc(-c2[nH]c3ccc(Oc4ccccc4)cc3c2CCCCN)nc1. The van der Waals surface area contributed by atoms with Crippen molar-refractivity contribution in [1.82, 2.24) is 9.97 Å². The molecule has 142 valence electrons. The predicted molar refractivity (Wildman–Crippen MR) is 115 cm³/mol. The first-order valence-electron chi connectivity index (χ1n) is 9.75. The molecule has 0 spiro atoms. The number of para-hydroxylation sites is 1. The van der Waals surface area contributed by atoms with Gasteiger partial charge < -0.3 is 15.5 Å². The summed E-state index contributed by atoms with van der Waals surface area (Å²) in [6.07, 6.45) is 4.92. The Morgan fingerprint density at radius 2 is 1.82 bits per heavy atom. The van der Waals surface area contributed by atoms with E-state index in [0.29, 0.717) is 6.54 Å². The molecule has 0 bridgehead atoms. The highest BCUT2D eigenvalue weighted by molar-refractivity contribution is 5.91. The minimum Gasteiger partial charge on any atom is -0.457 e. The number of benzene rings is 2. The zero-order valence-corrected chi connectivity index (χ0v) is 16.1. The lowest BCUT2D eigenvalue weighted by atomic mass is 10.0. The molecule has 0 radical (unpaired) electrons. The first-order valence-corrected chi connectivity index (χ1v) is 9.75. The molecule has 4 aromatic rings. The molecule has 4 rings (SSSR count). The first-order chi connectivity index (χ1) is 13.7. The Kier molecular flexibility index (Phi) is 5.40. The van der Waals surface area contributed by atoms with Gasteiger partial charge in [0.25, 0.3) is 0 Å². The van der Waals surface area contributed by atoms with Crippen molar-refractivity contribution in [2.75, 3.05) is 6.54 Å². The van der Waals surface area contributed by atoms with E-state index >= 15 is 0 Å². The summed E-state index contributed by atoms with van der Waals surface area (Å²) in [6.45, 7) is 2.76. The summed E-state index contributed by atoms with van der Waals surface area (Å²) in [5, 5.41) is 1.18. The second-order valence-corrected chi connectivity index (χ2v) is 7.07. The number of ether oxygens (including phenoxy) is 1. The molecule has 0 amide bonds. The molecule has 3 N–H and O–H groups in total. The van der Waals surface area contributed by atoms with E-state index in [1.165, 1.54) is 10.9 Å². The number of nitrogens with one attached hydrogen (secondary N) is 1. The number of aromatic amines is 1. The van der Waals surface area contributed by atoms with Crippen molar-refractivity contribution >= 4 is 10.9 Å². The second-order valence-electron chi connectivity index (χ2n) is 7.07. The van der Waals surface area contributed by atoms with Crippen molar-refractivity contribution in [1.29, 1.82) is 0 Å². The van der Waals surface area contributed by atoms with E-state index in [9.17, 15) is 0 Å². The number of rotatable bonds is 7. The smallest absolute Gasteiger partial charge is 0.128 e. The largest absolute Gasteiger partial charge is 0.457 e. The van der Waals surface area contributed by atoms with Crippen molar-refractivity contribution in [2.45, 2.75) is 26.2 Å². The van der Waals surface area contributed by atoms with Crippen molar-refractivity contribution in [3.63, 3.8) is 0 Å². The van der Waals surface area contributed by atoms with E-state index in [4.69, 9.17) is 10.5 Å². The lowest BCUT2D eigenvalue weighted by Crippen LogP contribution is -1.99. The highest BCUT2D eigenvalue weighted by atomic mass is 16.5. The molecule has 0 atom stereocenters. The number of fused-ring (bicyclic) bond motifs is 1. The van der Waals surface area contributed by atoms with Gasteiger partial charge in [-0.25, -0.2) is 0 Å². The minimum absolute atomic E-state index is 0.711. The number of nitrogens with zero attached hydrogens (tertiary/aromatic N) is 1. The van der Waals surface area contributed by atoms with Crippen LogP contribution in [0.25, 0.3) is 22.3 Å². The van der Waals surface area contributed by atoms with Crippen LogP contribution >= 0.6 is 0 Å². The van der Waals surface area contributed by atoms with Crippen LogP contribution in [0.3, 0.4) is 0 Å². The average molecular weight is 371 g/mol. The van der Waals surface area contributed by atoms with Crippen LogP contribution in [0.2, 0.25) is 0 Å². The van der Waals surface area contributed by atoms with Gasteiger partial charge in [-0.15, -0.1) is 0 Å². The van der Waals surface area contributed by atoms with Crippen molar-refractivity contribution in [3.05, 3.63) is 78.0 Å². The molecule has 0 fully saturated rings. The molecule has 0 aliphatic carbocycles. The highest BCUT2D eigenvalue weighted by Gasteiger charge is 2.15. The molecule has 0 unspecified atom stereocenters. The van der Waals surface area contributed by atoms with Gasteiger partial charge >= 0.3 is 0 Å². The van der Waals surface area contributed by atoms with E-state index in [1.54, 1.807) is 0 Å². The molecule has 28 heavy (non-hydrogen) atoms. The number of hydrogen-bond acceptors (Lipinski definition) is 3. The van der Waals surface area contributed by atoms with Crippen LogP contribution in [0.15, 0.2) is 66.9 Å². The maximum Gasteiger partial charge on any atom is 0.128 e. The lowest BCUT2D eigenvalue weighted by Gasteiger charge is -2.07. The topological polar surface area (TPSA) is 63.9 Å². The van der Waals surface area contributed by atoms with E-state index < -0.39 is 0 Å². The number of hydrogen-bond donors (Lipinski definition) is 2. The Hall–Kier alpha value is -3.11. The third-order valence-corrected chi connectivity index (χ3v) is 4.90. The van der Waals surface area contributed by atoms with Gasteiger partial charge in [-0.2, -0.15) is 0 Å². The van der Waals surface area contributed by atoms with Crippen LogP contribution in [0, 0.1) is 6.92 Å². The summed E-state index contributed by atoms with van der Waals surface area (Å²) in [6, 6.07) is 20.2. The number of pyridine rings is 1. The molecule has 2 aromatic carbocycles. The molecule has 4 heteroatoms. The van der Waals surface area contributed by atoms with Gasteiger partial charge in [-0.3, -0.25) is 4.98 Å². The van der Waals surface area contributed by atoms with Crippen LogP contribution in [0.1, 0.15) is 24.0 Å². The van der Waals surface area contributed by atoms with Crippen LogP contribution in [0.5, 0.6) is 11.5 Å². The molecule has 2 aromatic heterocycles. The fraction of sp³-hybridized carbons (Fsp3) is 0.208.